The van der Waals surface area contributed by atoms with Gasteiger partial charge < -0.3 is 10.1 Å². The molecule has 6 nitrogen and oxygen atoms in total. The van der Waals surface area contributed by atoms with Gasteiger partial charge in [0.2, 0.25) is 5.91 Å². The molecule has 1 atom stereocenters. The van der Waals surface area contributed by atoms with Gasteiger partial charge in [0.05, 0.1) is 24.1 Å². The van der Waals surface area contributed by atoms with E-state index in [1.165, 1.54) is 16.6 Å². The fourth-order valence-corrected chi connectivity index (χ4v) is 6.34. The van der Waals surface area contributed by atoms with Gasteiger partial charge in [-0.15, -0.1) is 11.3 Å². The summed E-state index contributed by atoms with van der Waals surface area (Å²) in [5, 5.41) is 14.0. The summed E-state index contributed by atoms with van der Waals surface area (Å²) in [6.07, 6.45) is 2.94. The van der Waals surface area contributed by atoms with Crippen LogP contribution < -0.4 is 10.1 Å². The second-order valence-corrected chi connectivity index (χ2v) is 11.9. The normalized spacial score (nSPS) is 15.3. The Hall–Kier alpha value is -2.89. The lowest BCUT2D eigenvalue weighted by Crippen LogP contribution is -2.26. The van der Waals surface area contributed by atoms with Crippen molar-refractivity contribution in [2.24, 2.45) is 11.3 Å². The first-order valence-corrected chi connectivity index (χ1v) is 13.5. The second-order valence-electron chi connectivity index (χ2n) is 9.87. The topological polar surface area (TPSA) is 87.9 Å². The van der Waals surface area contributed by atoms with Crippen LogP contribution in [0.4, 0.5) is 5.00 Å². The van der Waals surface area contributed by atoms with Crippen molar-refractivity contribution in [3.05, 3.63) is 52.0 Å². The van der Waals surface area contributed by atoms with Crippen LogP contribution in [0.25, 0.3) is 11.3 Å². The van der Waals surface area contributed by atoms with Gasteiger partial charge in [-0.2, -0.15) is 5.26 Å². The molecule has 8 heteroatoms. The second kappa shape index (κ2) is 10.4. The molecule has 1 N–H and O–H groups in total. The van der Waals surface area contributed by atoms with E-state index in [0.717, 1.165) is 47.5 Å². The Morgan fingerprint density at radius 2 is 2.03 bits per heavy atom. The summed E-state index contributed by atoms with van der Waals surface area (Å²) >= 11 is 2.85. The Bertz CT molecular complexity index is 1270. The Labute approximate surface area is 215 Å². The number of fused-ring (bicyclic) bond motifs is 1. The maximum absolute atomic E-state index is 12.8. The number of thioether (sulfide) groups is 1. The zero-order chi connectivity index (χ0) is 25.2. The Morgan fingerprint density at radius 3 is 2.69 bits per heavy atom. The molecule has 4 rings (SSSR count). The molecule has 1 aliphatic rings. The van der Waals surface area contributed by atoms with Crippen molar-refractivity contribution >= 4 is 34.0 Å². The Balaban J connectivity index is 1.44. The van der Waals surface area contributed by atoms with E-state index in [-0.39, 0.29) is 17.1 Å². The molecular formula is C27H30N4O2S2. The van der Waals surface area contributed by atoms with Crippen molar-refractivity contribution in [2.45, 2.75) is 52.1 Å². The summed E-state index contributed by atoms with van der Waals surface area (Å²) in [7, 11) is 1.64. The van der Waals surface area contributed by atoms with Crippen LogP contribution in [0.2, 0.25) is 0 Å². The van der Waals surface area contributed by atoms with Gasteiger partial charge in [-0.05, 0) is 73.4 Å². The van der Waals surface area contributed by atoms with Crippen LogP contribution in [-0.4, -0.2) is 28.7 Å². The van der Waals surface area contributed by atoms with Crippen molar-refractivity contribution in [3.63, 3.8) is 0 Å². The summed E-state index contributed by atoms with van der Waals surface area (Å²) < 4.78 is 5.23. The molecule has 182 valence electrons. The molecule has 0 radical (unpaired) electrons. The minimum absolute atomic E-state index is 0.159. The molecule has 35 heavy (non-hydrogen) atoms. The number of aryl methyl sites for hydroxylation is 1. The van der Waals surface area contributed by atoms with Gasteiger partial charge >= 0.3 is 0 Å². The third kappa shape index (κ3) is 5.85. The van der Waals surface area contributed by atoms with Gasteiger partial charge in [0, 0.05) is 16.1 Å². The van der Waals surface area contributed by atoms with Gasteiger partial charge in [-0.25, -0.2) is 9.97 Å². The van der Waals surface area contributed by atoms with Crippen molar-refractivity contribution < 1.29 is 9.53 Å². The molecular weight excluding hydrogens is 476 g/mol. The fourth-order valence-electron chi connectivity index (χ4n) is 4.34. The first-order valence-electron chi connectivity index (χ1n) is 11.7. The van der Waals surface area contributed by atoms with Crippen LogP contribution in [0, 0.1) is 29.6 Å². The van der Waals surface area contributed by atoms with Crippen LogP contribution >= 0.6 is 23.1 Å². The highest BCUT2D eigenvalue weighted by Crippen LogP contribution is 2.44. The lowest BCUT2D eigenvalue weighted by molar-refractivity contribution is -0.113. The first kappa shape index (κ1) is 25.2. The van der Waals surface area contributed by atoms with Gasteiger partial charge in [-0.3, -0.25) is 4.79 Å². The third-order valence-electron chi connectivity index (χ3n) is 6.41. The SMILES string of the molecule is COc1ccc(-c2cc(C)nc(SCC(=O)Nc3sc4c(c3C#N)CC[C@@H](C(C)(C)C)C4)n2)cc1. The quantitative estimate of drug-likeness (QED) is 0.313. The highest BCUT2D eigenvalue weighted by molar-refractivity contribution is 7.99. The first-order chi connectivity index (χ1) is 16.7. The zero-order valence-electron chi connectivity index (χ0n) is 20.8. The number of nitrogens with zero attached hydrogens (tertiary/aromatic N) is 3. The number of nitrogens with one attached hydrogen (secondary N) is 1. The van der Waals surface area contributed by atoms with Crippen molar-refractivity contribution in [2.75, 3.05) is 18.2 Å². The molecule has 3 aromatic rings. The lowest BCUT2D eigenvalue weighted by Gasteiger charge is -2.33. The Morgan fingerprint density at radius 1 is 1.29 bits per heavy atom. The molecule has 0 spiro atoms. The molecule has 0 saturated carbocycles. The van der Waals surface area contributed by atoms with E-state index in [0.29, 0.717) is 21.6 Å². The molecule has 1 aliphatic carbocycles. The molecule has 0 fully saturated rings. The predicted molar refractivity (Wildman–Crippen MR) is 142 cm³/mol. The maximum atomic E-state index is 12.8. The molecule has 2 heterocycles. The highest BCUT2D eigenvalue weighted by Gasteiger charge is 2.32. The number of carbonyl (C=O) groups is 1. The van der Waals surface area contributed by atoms with Crippen LogP contribution in [0.3, 0.4) is 0 Å². The largest absolute Gasteiger partial charge is 0.497 e. The minimum Gasteiger partial charge on any atom is -0.497 e. The average molecular weight is 507 g/mol. The van der Waals surface area contributed by atoms with Gasteiger partial charge in [0.15, 0.2) is 5.16 Å². The monoisotopic (exact) mass is 506 g/mol. The fraction of sp³-hybridized carbons (Fsp3) is 0.407. The molecule has 0 saturated heterocycles. The number of amides is 1. The maximum Gasteiger partial charge on any atom is 0.235 e. The van der Waals surface area contributed by atoms with Crippen molar-refractivity contribution in [1.82, 2.24) is 9.97 Å². The van der Waals surface area contributed by atoms with E-state index in [9.17, 15) is 10.1 Å². The number of benzene rings is 1. The summed E-state index contributed by atoms with van der Waals surface area (Å²) in [6.45, 7) is 8.73. The third-order valence-corrected chi connectivity index (χ3v) is 8.42. The number of hydrogen-bond donors (Lipinski definition) is 1. The molecule has 0 bridgehead atoms. The molecule has 0 aliphatic heterocycles. The molecule has 1 amide bonds. The summed E-state index contributed by atoms with van der Waals surface area (Å²) in [6, 6.07) is 11.9. The van der Waals surface area contributed by atoms with Crippen LogP contribution in [0.15, 0.2) is 35.5 Å². The van der Waals surface area contributed by atoms with E-state index < -0.39 is 0 Å². The summed E-state index contributed by atoms with van der Waals surface area (Å²) in [5.74, 6) is 1.38. The smallest absolute Gasteiger partial charge is 0.235 e. The van der Waals surface area contributed by atoms with E-state index >= 15 is 0 Å². The van der Waals surface area contributed by atoms with Gasteiger partial charge in [0.25, 0.3) is 0 Å². The van der Waals surface area contributed by atoms with Crippen molar-refractivity contribution in [3.8, 4) is 23.1 Å². The predicted octanol–water partition coefficient (Wildman–Crippen LogP) is 6.28. The number of aromatic nitrogens is 2. The number of nitriles is 1. The van der Waals surface area contributed by atoms with Crippen LogP contribution in [0.5, 0.6) is 5.75 Å². The van der Waals surface area contributed by atoms with Crippen LogP contribution in [-0.2, 0) is 17.6 Å². The van der Waals surface area contributed by atoms with Gasteiger partial charge in [-0.1, -0.05) is 32.5 Å². The number of anilines is 1. The minimum atomic E-state index is -0.159. The van der Waals surface area contributed by atoms with E-state index in [1.807, 2.05) is 37.3 Å². The number of thiophene rings is 1. The van der Waals surface area contributed by atoms with Crippen molar-refractivity contribution in [1.29, 1.82) is 5.26 Å². The number of carbonyl (C=O) groups excluding carboxylic acids is 1. The highest BCUT2D eigenvalue weighted by atomic mass is 32.2. The van der Waals surface area contributed by atoms with E-state index in [2.05, 4.69) is 42.1 Å². The van der Waals surface area contributed by atoms with E-state index in [1.54, 1.807) is 18.4 Å². The summed E-state index contributed by atoms with van der Waals surface area (Å²) in [4.78, 5) is 23.2. The number of ether oxygens (including phenoxy) is 1. The molecule has 2 aromatic heterocycles. The number of rotatable bonds is 6. The van der Waals surface area contributed by atoms with E-state index in [4.69, 9.17) is 4.74 Å². The molecule has 1 aromatic carbocycles. The van der Waals surface area contributed by atoms with Crippen LogP contribution in [0.1, 0.15) is 48.9 Å². The summed E-state index contributed by atoms with van der Waals surface area (Å²) in [5.41, 5.74) is 4.57. The number of hydrogen-bond acceptors (Lipinski definition) is 7. The average Bonchev–Trinajstić information content (AvgIpc) is 3.18. The number of methoxy groups -OCH3 is 1. The lowest BCUT2D eigenvalue weighted by atomic mass is 9.72. The molecule has 0 unspecified atom stereocenters. The zero-order valence-corrected chi connectivity index (χ0v) is 22.4. The Kier molecular flexibility index (Phi) is 7.48. The standard InChI is InChI=1S/C27H30N4O2S2/c1-16-12-22(17-6-9-19(33-5)10-7-17)30-26(29-16)34-15-24(32)31-25-21(14-28)20-11-8-18(27(2,3)4)13-23(20)35-25/h6-7,9-10,12,18H,8,11,13,15H2,1-5H3,(H,31,32)/t18-/m1/s1. The van der Waals surface area contributed by atoms with Gasteiger partial charge in [0.1, 0.15) is 16.8 Å².